The minimum Gasteiger partial charge on any atom is -0.376 e. The number of hydrogen-bond acceptors (Lipinski definition) is 3. The number of hydrogen-bond donors (Lipinski definition) is 2. The van der Waals surface area contributed by atoms with Gasteiger partial charge in [-0.05, 0) is 35.0 Å². The zero-order valence-corrected chi connectivity index (χ0v) is 14.7. The average Bonchev–Trinajstić information content (AvgIpc) is 2.62. The molecule has 0 radical (unpaired) electrons. The molecule has 0 saturated heterocycles. The summed E-state index contributed by atoms with van der Waals surface area (Å²) < 4.78 is 0. The number of rotatable bonds is 5. The lowest BCUT2D eigenvalue weighted by atomic mass is 10.1. The molecular formula is C19H15Cl2N3O. The number of benzene rings is 3. The summed E-state index contributed by atoms with van der Waals surface area (Å²) in [6, 6.07) is 19.1. The normalized spacial score (nSPS) is 11.0. The van der Waals surface area contributed by atoms with Gasteiger partial charge in [0.2, 0.25) is 0 Å². The number of fused-ring (bicyclic) bond motifs is 1. The fourth-order valence-electron chi connectivity index (χ4n) is 2.32. The standard InChI is InChI=1S/C19H15Cl2N3O/c20-17-6-3-7-18(21)16(17)11-23-24-19(25)12-22-15-9-8-13-4-1-2-5-14(13)10-15/h1-11,22H,12H2,(H,24,25)/b23-11-. The molecule has 0 aliphatic carbocycles. The van der Waals surface area contributed by atoms with Gasteiger partial charge in [-0.15, -0.1) is 0 Å². The lowest BCUT2D eigenvalue weighted by Gasteiger charge is -2.07. The van der Waals surface area contributed by atoms with Crippen LogP contribution in [0.1, 0.15) is 5.56 Å². The van der Waals surface area contributed by atoms with Gasteiger partial charge >= 0.3 is 0 Å². The van der Waals surface area contributed by atoms with Crippen LogP contribution < -0.4 is 10.7 Å². The number of hydrazone groups is 1. The maximum absolute atomic E-state index is 11.9. The minimum atomic E-state index is -0.271. The van der Waals surface area contributed by atoms with Crippen molar-refractivity contribution in [2.75, 3.05) is 11.9 Å². The molecule has 126 valence electrons. The van der Waals surface area contributed by atoms with E-state index in [1.807, 2.05) is 42.5 Å². The maximum Gasteiger partial charge on any atom is 0.259 e. The number of nitrogens with zero attached hydrogens (tertiary/aromatic N) is 1. The molecule has 1 amide bonds. The molecule has 2 N–H and O–H groups in total. The number of halogens is 2. The topological polar surface area (TPSA) is 53.5 Å². The van der Waals surface area contributed by atoms with E-state index in [1.54, 1.807) is 18.2 Å². The molecule has 0 fully saturated rings. The van der Waals surface area contributed by atoms with E-state index in [2.05, 4.69) is 15.8 Å². The van der Waals surface area contributed by atoms with Crippen molar-refractivity contribution in [3.05, 3.63) is 76.3 Å². The first-order valence-electron chi connectivity index (χ1n) is 7.62. The Bertz CT molecular complexity index is 921. The highest BCUT2D eigenvalue weighted by Gasteiger charge is 2.03. The summed E-state index contributed by atoms with van der Waals surface area (Å²) >= 11 is 12.1. The van der Waals surface area contributed by atoms with Gasteiger partial charge in [0.25, 0.3) is 5.91 Å². The van der Waals surface area contributed by atoms with Gasteiger partial charge in [0.1, 0.15) is 0 Å². The van der Waals surface area contributed by atoms with Crippen molar-refractivity contribution < 1.29 is 4.79 Å². The van der Waals surface area contributed by atoms with Crippen molar-refractivity contribution in [2.45, 2.75) is 0 Å². The zero-order chi connectivity index (χ0) is 17.6. The van der Waals surface area contributed by atoms with E-state index in [-0.39, 0.29) is 12.5 Å². The molecule has 0 aliphatic heterocycles. The smallest absolute Gasteiger partial charge is 0.259 e. The molecule has 0 saturated carbocycles. The van der Waals surface area contributed by atoms with Crippen LogP contribution in [0.15, 0.2) is 65.8 Å². The Balaban J connectivity index is 1.56. The zero-order valence-electron chi connectivity index (χ0n) is 13.2. The van der Waals surface area contributed by atoms with E-state index in [0.29, 0.717) is 15.6 Å². The summed E-state index contributed by atoms with van der Waals surface area (Å²) in [4.78, 5) is 11.9. The number of carbonyl (C=O) groups is 1. The van der Waals surface area contributed by atoms with Gasteiger partial charge in [0.05, 0.1) is 22.8 Å². The largest absolute Gasteiger partial charge is 0.376 e. The van der Waals surface area contributed by atoms with Gasteiger partial charge in [-0.2, -0.15) is 5.10 Å². The minimum absolute atomic E-state index is 0.103. The van der Waals surface area contributed by atoms with Crippen LogP contribution in [0.2, 0.25) is 10.0 Å². The van der Waals surface area contributed by atoms with Gasteiger partial charge < -0.3 is 5.32 Å². The van der Waals surface area contributed by atoms with E-state index in [9.17, 15) is 4.79 Å². The van der Waals surface area contributed by atoms with Crippen LogP contribution in [0.5, 0.6) is 0 Å². The third kappa shape index (κ3) is 4.50. The predicted molar refractivity (Wildman–Crippen MR) is 105 cm³/mol. The molecule has 0 aromatic heterocycles. The quantitative estimate of drug-likeness (QED) is 0.504. The first-order valence-corrected chi connectivity index (χ1v) is 8.38. The Morgan fingerprint density at radius 2 is 1.68 bits per heavy atom. The Labute approximate surface area is 155 Å². The molecule has 3 rings (SSSR count). The molecule has 25 heavy (non-hydrogen) atoms. The van der Waals surface area contributed by atoms with Crippen molar-refractivity contribution in [1.29, 1.82) is 0 Å². The molecule has 0 atom stereocenters. The van der Waals surface area contributed by atoms with Crippen LogP contribution in [0.3, 0.4) is 0 Å². The Kier molecular flexibility index (Phi) is 5.53. The Morgan fingerprint density at radius 3 is 2.44 bits per heavy atom. The highest BCUT2D eigenvalue weighted by atomic mass is 35.5. The van der Waals surface area contributed by atoms with E-state index in [1.165, 1.54) is 6.21 Å². The second-order valence-electron chi connectivity index (χ2n) is 5.34. The fraction of sp³-hybridized carbons (Fsp3) is 0.0526. The average molecular weight is 372 g/mol. The van der Waals surface area contributed by atoms with Crippen molar-refractivity contribution in [3.63, 3.8) is 0 Å². The van der Waals surface area contributed by atoms with E-state index in [0.717, 1.165) is 16.5 Å². The molecule has 0 heterocycles. The summed E-state index contributed by atoms with van der Waals surface area (Å²) in [5.41, 5.74) is 3.87. The van der Waals surface area contributed by atoms with Crippen molar-refractivity contribution in [2.24, 2.45) is 5.10 Å². The van der Waals surface area contributed by atoms with E-state index >= 15 is 0 Å². The highest BCUT2D eigenvalue weighted by molar-refractivity contribution is 6.38. The molecule has 0 spiro atoms. The lowest BCUT2D eigenvalue weighted by Crippen LogP contribution is -2.25. The molecule has 6 heteroatoms. The summed E-state index contributed by atoms with van der Waals surface area (Å²) in [7, 11) is 0. The van der Waals surface area contributed by atoms with Gasteiger partial charge in [-0.25, -0.2) is 5.43 Å². The fourth-order valence-corrected chi connectivity index (χ4v) is 2.82. The van der Waals surface area contributed by atoms with Crippen LogP contribution in [-0.4, -0.2) is 18.7 Å². The van der Waals surface area contributed by atoms with Crippen LogP contribution in [0.4, 0.5) is 5.69 Å². The molecule has 3 aromatic rings. The molecule has 0 unspecified atom stereocenters. The lowest BCUT2D eigenvalue weighted by molar-refractivity contribution is -0.119. The second-order valence-corrected chi connectivity index (χ2v) is 6.16. The van der Waals surface area contributed by atoms with Crippen molar-refractivity contribution in [3.8, 4) is 0 Å². The van der Waals surface area contributed by atoms with E-state index < -0.39 is 0 Å². The van der Waals surface area contributed by atoms with Crippen LogP contribution in [-0.2, 0) is 4.79 Å². The predicted octanol–water partition coefficient (Wildman–Crippen LogP) is 4.71. The first-order chi connectivity index (χ1) is 12.1. The maximum atomic E-state index is 11.9. The number of nitrogens with one attached hydrogen (secondary N) is 2. The van der Waals surface area contributed by atoms with Crippen molar-refractivity contribution in [1.82, 2.24) is 5.43 Å². The monoisotopic (exact) mass is 371 g/mol. The molecule has 0 bridgehead atoms. The summed E-state index contributed by atoms with van der Waals surface area (Å²) in [6.07, 6.45) is 1.43. The third-order valence-electron chi connectivity index (χ3n) is 3.59. The SMILES string of the molecule is O=C(CNc1ccc2ccccc2c1)N/N=C\c1c(Cl)cccc1Cl. The first kappa shape index (κ1) is 17.3. The summed E-state index contributed by atoms with van der Waals surface area (Å²) in [6.45, 7) is 0.103. The van der Waals surface area contributed by atoms with Crippen LogP contribution >= 0.6 is 23.2 Å². The molecule has 4 nitrogen and oxygen atoms in total. The number of anilines is 1. The Hall–Kier alpha value is -2.56. The van der Waals surface area contributed by atoms with Gasteiger partial charge in [-0.3, -0.25) is 4.79 Å². The van der Waals surface area contributed by atoms with Crippen LogP contribution in [0.25, 0.3) is 10.8 Å². The molecule has 3 aromatic carbocycles. The summed E-state index contributed by atoms with van der Waals surface area (Å²) in [5, 5.41) is 10.2. The molecule has 0 aliphatic rings. The summed E-state index contributed by atoms with van der Waals surface area (Å²) in [5.74, 6) is -0.271. The van der Waals surface area contributed by atoms with Gasteiger partial charge in [-0.1, -0.05) is 59.6 Å². The highest BCUT2D eigenvalue weighted by Crippen LogP contribution is 2.22. The van der Waals surface area contributed by atoms with Crippen LogP contribution in [0, 0.1) is 0 Å². The third-order valence-corrected chi connectivity index (χ3v) is 4.24. The van der Waals surface area contributed by atoms with Gasteiger partial charge in [0.15, 0.2) is 0 Å². The van der Waals surface area contributed by atoms with Crippen molar-refractivity contribution >= 4 is 51.8 Å². The van der Waals surface area contributed by atoms with Gasteiger partial charge in [0, 0.05) is 11.3 Å². The number of amides is 1. The Morgan fingerprint density at radius 1 is 0.960 bits per heavy atom. The van der Waals surface area contributed by atoms with E-state index in [4.69, 9.17) is 23.2 Å². The molecular weight excluding hydrogens is 357 g/mol. The second kappa shape index (κ2) is 8.01. The number of carbonyl (C=O) groups excluding carboxylic acids is 1.